The Kier molecular flexibility index (Phi) is 3.51. The average Bonchev–Trinajstić information content (AvgIpc) is 3.16. The molecule has 0 fully saturated rings. The predicted molar refractivity (Wildman–Crippen MR) is 117 cm³/mol. The van der Waals surface area contributed by atoms with Gasteiger partial charge in [-0.2, -0.15) is 0 Å². The minimum absolute atomic E-state index is 0.0647. The predicted octanol–water partition coefficient (Wildman–Crippen LogP) is 4.36. The highest BCUT2D eigenvalue weighted by Crippen LogP contribution is 2.48. The molecule has 2 aromatic heterocycles. The summed E-state index contributed by atoms with van der Waals surface area (Å²) in [6.07, 6.45) is 3.59. The van der Waals surface area contributed by atoms with Gasteiger partial charge in [-0.1, -0.05) is 30.3 Å². The molecule has 1 unspecified atom stereocenters. The quantitative estimate of drug-likeness (QED) is 0.491. The normalized spacial score (nSPS) is 16.9. The van der Waals surface area contributed by atoms with Crippen molar-refractivity contribution in [2.24, 2.45) is 0 Å². The van der Waals surface area contributed by atoms with Crippen LogP contribution in [0.2, 0.25) is 0 Å². The Morgan fingerprint density at radius 1 is 1.00 bits per heavy atom. The summed E-state index contributed by atoms with van der Waals surface area (Å²) in [4.78, 5) is 14.0. The SMILES string of the molecule is BC(C)(C)N1c2nccnc2N(c2c(C)ccc3c2oc2ccccc23)C1C. The zero-order chi connectivity index (χ0) is 19.6. The molecule has 5 rings (SSSR count). The summed E-state index contributed by atoms with van der Waals surface area (Å²) in [5.41, 5.74) is 3.94. The number of hydrogen-bond donors (Lipinski definition) is 0. The lowest BCUT2D eigenvalue weighted by molar-refractivity contribution is 0.555. The second-order valence-corrected chi connectivity index (χ2v) is 8.45. The van der Waals surface area contributed by atoms with Crippen LogP contribution in [0.25, 0.3) is 21.9 Å². The van der Waals surface area contributed by atoms with Crippen LogP contribution in [0.4, 0.5) is 17.3 Å². The van der Waals surface area contributed by atoms with Gasteiger partial charge in [0, 0.05) is 28.6 Å². The molecule has 4 aromatic rings. The van der Waals surface area contributed by atoms with Crippen LogP contribution in [0, 0.1) is 6.92 Å². The molecule has 0 saturated carbocycles. The van der Waals surface area contributed by atoms with Crippen molar-refractivity contribution in [3.63, 3.8) is 0 Å². The maximum atomic E-state index is 6.35. The Labute approximate surface area is 165 Å². The molecule has 3 heterocycles. The maximum absolute atomic E-state index is 6.35. The van der Waals surface area contributed by atoms with Gasteiger partial charge in [0.15, 0.2) is 17.2 Å². The van der Waals surface area contributed by atoms with Crippen molar-refractivity contribution in [3.05, 3.63) is 54.4 Å². The summed E-state index contributed by atoms with van der Waals surface area (Å²) < 4.78 is 6.35. The van der Waals surface area contributed by atoms with E-state index in [0.29, 0.717) is 0 Å². The Balaban J connectivity index is 1.82. The molecule has 5 nitrogen and oxygen atoms in total. The van der Waals surface area contributed by atoms with Crippen LogP contribution in [0.15, 0.2) is 53.2 Å². The number of hydrogen-bond acceptors (Lipinski definition) is 5. The Morgan fingerprint density at radius 3 is 2.46 bits per heavy atom. The van der Waals surface area contributed by atoms with Gasteiger partial charge in [-0.3, -0.25) is 4.90 Å². The van der Waals surface area contributed by atoms with E-state index in [4.69, 9.17) is 9.40 Å². The number of aromatic nitrogens is 2. The van der Waals surface area contributed by atoms with Crippen LogP contribution < -0.4 is 9.80 Å². The van der Waals surface area contributed by atoms with Gasteiger partial charge in [-0.05, 0) is 39.3 Å². The lowest BCUT2D eigenvalue weighted by atomic mass is 9.80. The number of benzene rings is 2. The van der Waals surface area contributed by atoms with Gasteiger partial charge < -0.3 is 9.32 Å². The standard InChI is InChI=1S/C22H23BN4O/c1-13-9-10-16-15-7-5-6-8-17(15)28-19(16)18(13)26-14(2)27(22(3,4)23)21-20(26)24-11-12-25-21/h5-12,14H,23H2,1-4H3. The molecule has 1 atom stereocenters. The van der Waals surface area contributed by atoms with Crippen LogP contribution in [0.3, 0.4) is 0 Å². The van der Waals surface area contributed by atoms with E-state index < -0.39 is 0 Å². The number of furan rings is 1. The number of anilines is 3. The molecular weight excluding hydrogens is 347 g/mol. The van der Waals surface area contributed by atoms with E-state index in [9.17, 15) is 0 Å². The minimum Gasteiger partial charge on any atom is -0.454 e. The van der Waals surface area contributed by atoms with Gasteiger partial charge in [0.2, 0.25) is 0 Å². The summed E-state index contributed by atoms with van der Waals surface area (Å²) in [6.45, 7) is 8.75. The van der Waals surface area contributed by atoms with Gasteiger partial charge in [-0.25, -0.2) is 9.97 Å². The lowest BCUT2D eigenvalue weighted by Crippen LogP contribution is -2.51. The van der Waals surface area contributed by atoms with Crippen molar-refractivity contribution in [2.45, 2.75) is 39.3 Å². The monoisotopic (exact) mass is 370 g/mol. The Bertz CT molecular complexity index is 1210. The Hall–Kier alpha value is -3.02. The molecule has 0 radical (unpaired) electrons. The average molecular weight is 370 g/mol. The molecule has 0 N–H and O–H groups in total. The van der Waals surface area contributed by atoms with Crippen LogP contribution in [-0.2, 0) is 0 Å². The largest absolute Gasteiger partial charge is 0.454 e. The fraction of sp³-hybridized carbons (Fsp3) is 0.273. The van der Waals surface area contributed by atoms with Crippen molar-refractivity contribution in [1.29, 1.82) is 0 Å². The van der Waals surface area contributed by atoms with E-state index in [0.717, 1.165) is 44.8 Å². The van der Waals surface area contributed by atoms with Crippen molar-refractivity contribution in [1.82, 2.24) is 9.97 Å². The maximum Gasteiger partial charge on any atom is 0.178 e. The second kappa shape index (κ2) is 5.74. The smallest absolute Gasteiger partial charge is 0.178 e. The van der Waals surface area contributed by atoms with Crippen LogP contribution >= 0.6 is 0 Å². The molecule has 6 heteroatoms. The molecule has 1 aliphatic heterocycles. The number of rotatable bonds is 2. The van der Waals surface area contributed by atoms with Gasteiger partial charge in [0.05, 0.1) is 5.69 Å². The molecule has 28 heavy (non-hydrogen) atoms. The zero-order valence-corrected chi connectivity index (χ0v) is 16.9. The highest BCUT2D eigenvalue weighted by Gasteiger charge is 2.42. The molecule has 2 aromatic carbocycles. The van der Waals surface area contributed by atoms with Gasteiger partial charge in [0.25, 0.3) is 0 Å². The van der Waals surface area contributed by atoms with Gasteiger partial charge in [-0.15, -0.1) is 0 Å². The van der Waals surface area contributed by atoms with Crippen LogP contribution in [0.1, 0.15) is 26.3 Å². The number of nitrogens with zero attached hydrogens (tertiary/aromatic N) is 4. The summed E-state index contributed by atoms with van der Waals surface area (Å²) in [5.74, 6) is 1.79. The summed E-state index contributed by atoms with van der Waals surface area (Å²) in [6, 6.07) is 12.5. The topological polar surface area (TPSA) is 45.4 Å². The van der Waals surface area contributed by atoms with Crippen molar-refractivity contribution < 1.29 is 4.42 Å². The van der Waals surface area contributed by atoms with Gasteiger partial charge >= 0.3 is 0 Å². The van der Waals surface area contributed by atoms with E-state index in [2.05, 4.69) is 74.6 Å². The number of para-hydroxylation sites is 1. The molecule has 0 aliphatic carbocycles. The first-order valence-electron chi connectivity index (χ1n) is 9.68. The van der Waals surface area contributed by atoms with Crippen molar-refractivity contribution >= 4 is 47.1 Å². The molecule has 1 aliphatic rings. The second-order valence-electron chi connectivity index (χ2n) is 8.45. The van der Waals surface area contributed by atoms with Crippen LogP contribution in [0.5, 0.6) is 0 Å². The van der Waals surface area contributed by atoms with E-state index in [-0.39, 0.29) is 11.6 Å². The Morgan fingerprint density at radius 2 is 1.71 bits per heavy atom. The fourth-order valence-electron chi connectivity index (χ4n) is 4.48. The molecule has 140 valence electrons. The third-order valence-electron chi connectivity index (χ3n) is 5.55. The summed E-state index contributed by atoms with van der Waals surface area (Å²) in [7, 11) is 2.21. The lowest BCUT2D eigenvalue weighted by Gasteiger charge is -2.39. The highest BCUT2D eigenvalue weighted by atomic mass is 16.3. The molecule has 0 bridgehead atoms. The van der Waals surface area contributed by atoms with Crippen molar-refractivity contribution in [3.8, 4) is 0 Å². The number of aryl methyl sites for hydroxylation is 1. The number of fused-ring (bicyclic) bond motifs is 4. The van der Waals surface area contributed by atoms with Gasteiger partial charge in [0.1, 0.15) is 19.6 Å². The summed E-state index contributed by atoms with van der Waals surface area (Å²) in [5, 5.41) is 2.26. The van der Waals surface area contributed by atoms with E-state index in [1.165, 1.54) is 0 Å². The molecule has 0 spiro atoms. The van der Waals surface area contributed by atoms with E-state index in [1.54, 1.807) is 12.4 Å². The molecular formula is C22H23BN4O. The van der Waals surface area contributed by atoms with E-state index in [1.807, 2.05) is 12.1 Å². The highest BCUT2D eigenvalue weighted by molar-refractivity contribution is 6.17. The first-order chi connectivity index (χ1) is 13.4. The molecule has 0 amide bonds. The minimum atomic E-state index is -0.0887. The third kappa shape index (κ3) is 2.27. The first kappa shape index (κ1) is 17.1. The third-order valence-corrected chi connectivity index (χ3v) is 5.55. The van der Waals surface area contributed by atoms with Crippen molar-refractivity contribution in [2.75, 3.05) is 9.80 Å². The first-order valence-corrected chi connectivity index (χ1v) is 9.68. The van der Waals surface area contributed by atoms with Crippen LogP contribution in [-0.4, -0.2) is 29.4 Å². The fourth-order valence-corrected chi connectivity index (χ4v) is 4.48. The van der Waals surface area contributed by atoms with E-state index >= 15 is 0 Å². The summed E-state index contributed by atoms with van der Waals surface area (Å²) >= 11 is 0. The zero-order valence-electron chi connectivity index (χ0n) is 16.9. The molecule has 0 saturated heterocycles.